The lowest BCUT2D eigenvalue weighted by Crippen LogP contribution is -2.54. The second-order valence-corrected chi connectivity index (χ2v) is 22.0. The standard InChI is InChI=1S/C47H56ClN8O6PS/c1-62-40-27-34(12-11-31(40)26-43-50-28-37(48)38(51-43)25-32-7-4-5-9-41(32)63(2,3)61)54-18-15-33(16-19-54)55-22-20-53(21-23-55)30-45(58)49-17-24-64-42-10-6-8-35-36(42)29-56(47(35)60)39-13-14-44(57)52-46(39)59/h4-12,27-28,33,39H,13-26,29-30H2,1-3H3,(H,49,58)(H,52,57,59). The van der Waals surface area contributed by atoms with Crippen LogP contribution < -0.4 is 25.6 Å². The lowest BCUT2D eigenvalue weighted by Gasteiger charge is -2.43. The number of fused-ring (bicyclic) bond motifs is 1. The Hall–Kier alpha value is -4.79. The lowest BCUT2D eigenvalue weighted by atomic mass is 10.0. The second-order valence-electron chi connectivity index (χ2n) is 17.3. The van der Waals surface area contributed by atoms with E-state index in [1.807, 2.05) is 36.4 Å². The average molecular weight is 928 g/mol. The van der Waals surface area contributed by atoms with Gasteiger partial charge in [0.25, 0.3) is 5.91 Å². The van der Waals surface area contributed by atoms with Gasteiger partial charge in [-0.1, -0.05) is 48.0 Å². The first-order valence-electron chi connectivity index (χ1n) is 22.0. The monoisotopic (exact) mass is 926 g/mol. The molecule has 3 aromatic carbocycles. The molecule has 4 aliphatic rings. The summed E-state index contributed by atoms with van der Waals surface area (Å²) in [6, 6.07) is 19.6. The number of ether oxygens (including phenoxy) is 1. The number of amides is 4. The van der Waals surface area contributed by atoms with Gasteiger partial charge in [0.2, 0.25) is 17.7 Å². The van der Waals surface area contributed by atoms with E-state index in [2.05, 4.69) is 48.5 Å². The highest BCUT2D eigenvalue weighted by Crippen LogP contribution is 2.37. The molecule has 2 N–H and O–H groups in total. The molecule has 1 unspecified atom stereocenters. The van der Waals surface area contributed by atoms with Crippen molar-refractivity contribution in [3.8, 4) is 5.75 Å². The summed E-state index contributed by atoms with van der Waals surface area (Å²) in [5.41, 5.74) is 5.27. The maximum Gasteiger partial charge on any atom is 0.255 e. The van der Waals surface area contributed by atoms with Gasteiger partial charge in [-0.2, -0.15) is 0 Å². The lowest BCUT2D eigenvalue weighted by molar-refractivity contribution is -0.137. The first-order valence-corrected chi connectivity index (χ1v) is 26.0. The molecule has 8 rings (SSSR count). The van der Waals surface area contributed by atoms with Gasteiger partial charge in [-0.15, -0.1) is 11.8 Å². The summed E-state index contributed by atoms with van der Waals surface area (Å²) in [6.07, 6.45) is 5.28. The molecule has 4 aliphatic heterocycles. The Labute approximate surface area is 384 Å². The molecule has 3 fully saturated rings. The number of nitrogens with one attached hydrogen (secondary N) is 2. The van der Waals surface area contributed by atoms with Crippen LogP contribution in [0, 0.1) is 0 Å². The number of imide groups is 1. The van der Waals surface area contributed by atoms with Gasteiger partial charge in [0.1, 0.15) is 24.8 Å². The Morgan fingerprint density at radius 1 is 0.953 bits per heavy atom. The molecule has 0 bridgehead atoms. The molecule has 4 aromatic rings. The zero-order valence-corrected chi connectivity index (χ0v) is 39.2. The fourth-order valence-electron chi connectivity index (χ4n) is 9.34. The van der Waals surface area contributed by atoms with Crippen molar-refractivity contribution in [3.05, 3.63) is 106 Å². The van der Waals surface area contributed by atoms with Crippen molar-refractivity contribution in [2.75, 3.05) is 83.5 Å². The van der Waals surface area contributed by atoms with Crippen molar-refractivity contribution in [2.45, 2.75) is 62.0 Å². The zero-order chi connectivity index (χ0) is 45.0. The number of piperidine rings is 2. The molecule has 0 radical (unpaired) electrons. The summed E-state index contributed by atoms with van der Waals surface area (Å²) in [4.78, 5) is 69.4. The highest BCUT2D eigenvalue weighted by atomic mass is 35.5. The van der Waals surface area contributed by atoms with Crippen molar-refractivity contribution in [2.24, 2.45) is 0 Å². The molecule has 4 amide bonds. The van der Waals surface area contributed by atoms with E-state index in [0.29, 0.717) is 72.8 Å². The number of methoxy groups -OCH3 is 1. The van der Waals surface area contributed by atoms with Crippen molar-refractivity contribution in [1.82, 2.24) is 35.3 Å². The summed E-state index contributed by atoms with van der Waals surface area (Å²) in [5.74, 6) is 1.19. The fourth-order valence-corrected chi connectivity index (χ4v) is 11.7. The SMILES string of the molecule is COc1cc(N2CCC(N3CCN(CC(=O)NCCSc4cccc5c4CN(C4CCC(=O)NC4=O)C5=O)CC3)CC2)ccc1Cc1ncc(Cl)c(Cc2ccccc2P(C)(C)=O)n1. The number of hydrogen-bond donors (Lipinski definition) is 2. The number of piperazine rings is 1. The fraction of sp³-hybridized carbons (Fsp3) is 0.447. The van der Waals surface area contributed by atoms with Crippen molar-refractivity contribution in [1.29, 1.82) is 0 Å². The number of rotatable bonds is 15. The summed E-state index contributed by atoms with van der Waals surface area (Å²) in [5, 5.41) is 6.75. The highest BCUT2D eigenvalue weighted by molar-refractivity contribution is 7.99. The van der Waals surface area contributed by atoms with Gasteiger partial charge in [-0.05, 0) is 61.9 Å². The predicted molar refractivity (Wildman–Crippen MR) is 251 cm³/mol. The van der Waals surface area contributed by atoms with Gasteiger partial charge in [0.15, 0.2) is 0 Å². The van der Waals surface area contributed by atoms with E-state index in [-0.39, 0.29) is 24.1 Å². The maximum atomic E-state index is 13.2. The van der Waals surface area contributed by atoms with Crippen LogP contribution in [0.25, 0.3) is 0 Å². The van der Waals surface area contributed by atoms with E-state index in [1.165, 1.54) is 0 Å². The molecule has 64 heavy (non-hydrogen) atoms. The molecule has 0 aliphatic carbocycles. The molecule has 17 heteroatoms. The molecule has 5 heterocycles. The maximum absolute atomic E-state index is 13.2. The molecular formula is C47H56ClN8O6PS. The number of hydrogen-bond acceptors (Lipinski definition) is 12. The van der Waals surface area contributed by atoms with Gasteiger partial charge in [-0.3, -0.25) is 34.3 Å². The van der Waals surface area contributed by atoms with Crippen LogP contribution in [0.5, 0.6) is 5.75 Å². The third kappa shape index (κ3) is 10.7. The Morgan fingerprint density at radius 3 is 2.48 bits per heavy atom. The quantitative estimate of drug-likeness (QED) is 0.0727. The van der Waals surface area contributed by atoms with E-state index in [9.17, 15) is 23.7 Å². The van der Waals surface area contributed by atoms with Crippen molar-refractivity contribution in [3.63, 3.8) is 0 Å². The first-order chi connectivity index (χ1) is 30.8. The smallest absolute Gasteiger partial charge is 0.255 e. The summed E-state index contributed by atoms with van der Waals surface area (Å²) in [6.45, 7) is 10.2. The summed E-state index contributed by atoms with van der Waals surface area (Å²) >= 11 is 8.16. The van der Waals surface area contributed by atoms with E-state index in [0.717, 1.165) is 90.4 Å². The largest absolute Gasteiger partial charge is 0.496 e. The van der Waals surface area contributed by atoms with E-state index in [1.54, 1.807) is 49.4 Å². The number of nitrogens with zero attached hydrogens (tertiary/aromatic N) is 6. The third-order valence-electron chi connectivity index (χ3n) is 12.8. The molecule has 0 spiro atoms. The van der Waals surface area contributed by atoms with Crippen LogP contribution in [0.2, 0.25) is 5.02 Å². The number of thioether (sulfide) groups is 1. The van der Waals surface area contributed by atoms with E-state index < -0.39 is 19.1 Å². The number of benzene rings is 3. The van der Waals surface area contributed by atoms with E-state index in [4.69, 9.17) is 21.3 Å². The van der Waals surface area contributed by atoms with Crippen LogP contribution in [0.1, 0.15) is 64.2 Å². The van der Waals surface area contributed by atoms with Crippen LogP contribution in [-0.2, 0) is 38.3 Å². The number of carbonyl (C=O) groups is 4. The van der Waals surface area contributed by atoms with Crippen LogP contribution in [0.3, 0.4) is 0 Å². The highest BCUT2D eigenvalue weighted by Gasteiger charge is 2.40. The minimum atomic E-state index is -2.48. The van der Waals surface area contributed by atoms with Gasteiger partial charge < -0.3 is 24.4 Å². The van der Waals surface area contributed by atoms with Crippen LogP contribution in [-0.4, -0.2) is 139 Å². The molecule has 1 aromatic heterocycles. The molecule has 338 valence electrons. The number of anilines is 1. The van der Waals surface area contributed by atoms with Crippen LogP contribution in [0.4, 0.5) is 5.69 Å². The Morgan fingerprint density at radius 2 is 1.73 bits per heavy atom. The molecule has 1 atom stereocenters. The van der Waals surface area contributed by atoms with Gasteiger partial charge in [0.05, 0.1) is 24.4 Å². The summed E-state index contributed by atoms with van der Waals surface area (Å²) in [7, 11) is -0.784. The Balaban J connectivity index is 0.759. The predicted octanol–water partition coefficient (Wildman–Crippen LogP) is 4.82. The van der Waals surface area contributed by atoms with Crippen molar-refractivity contribution >= 4 is 65.1 Å². The van der Waals surface area contributed by atoms with Crippen LogP contribution >= 0.6 is 30.5 Å². The van der Waals surface area contributed by atoms with Crippen molar-refractivity contribution < 1.29 is 28.5 Å². The Kier molecular flexibility index (Phi) is 14.4. The average Bonchev–Trinajstić information content (AvgIpc) is 3.62. The normalized spacial score (nSPS) is 18.9. The Bertz CT molecular complexity index is 2450. The number of aromatic nitrogens is 2. The topological polar surface area (TPSA) is 157 Å². The van der Waals surface area contributed by atoms with Crippen LogP contribution in [0.15, 0.2) is 71.8 Å². The van der Waals surface area contributed by atoms with E-state index >= 15 is 0 Å². The molecule has 0 saturated carbocycles. The van der Waals surface area contributed by atoms with Gasteiger partial charge >= 0.3 is 0 Å². The first kappa shape index (κ1) is 45.8. The molecule has 14 nitrogen and oxygen atoms in total. The number of carbonyl (C=O) groups excluding carboxylic acids is 4. The van der Waals surface area contributed by atoms with Gasteiger partial charge in [-0.25, -0.2) is 9.97 Å². The molecular weight excluding hydrogens is 871 g/mol. The minimum Gasteiger partial charge on any atom is -0.496 e. The molecule has 3 saturated heterocycles. The number of halogens is 1. The zero-order valence-electron chi connectivity index (χ0n) is 36.7. The minimum absolute atomic E-state index is 0.00953. The van der Waals surface area contributed by atoms with Gasteiger partial charge in [0, 0.05) is 123 Å². The third-order valence-corrected chi connectivity index (χ3v) is 15.8. The summed E-state index contributed by atoms with van der Waals surface area (Å²) < 4.78 is 18.9. The second kappa shape index (κ2) is 20.2.